The van der Waals surface area contributed by atoms with Crippen molar-refractivity contribution in [3.05, 3.63) is 12.2 Å². The van der Waals surface area contributed by atoms with Crippen molar-refractivity contribution in [2.75, 3.05) is 0 Å². The highest BCUT2D eigenvalue weighted by atomic mass is 16.5. The van der Waals surface area contributed by atoms with Crippen molar-refractivity contribution in [3.63, 3.8) is 0 Å². The molecule has 0 saturated heterocycles. The maximum Gasteiger partial charge on any atom is 0.330 e. The Morgan fingerprint density at radius 1 is 1.47 bits per heavy atom. The van der Waals surface area contributed by atoms with Crippen molar-refractivity contribution in [1.82, 2.24) is 0 Å². The first-order chi connectivity index (χ1) is 9.11. The van der Waals surface area contributed by atoms with Crippen molar-refractivity contribution in [2.45, 2.75) is 70.5 Å². The van der Waals surface area contributed by atoms with Crippen LogP contribution < -0.4 is 0 Å². The molecule has 0 aromatic carbocycles. The number of carbonyl (C=O) groups is 2. The summed E-state index contributed by atoms with van der Waals surface area (Å²) in [4.78, 5) is 22.7. The van der Waals surface area contributed by atoms with E-state index < -0.39 is 6.10 Å². The molecule has 4 nitrogen and oxygen atoms in total. The number of esters is 1. The highest BCUT2D eigenvalue weighted by molar-refractivity contribution is 5.82. The molecule has 0 aliphatic carbocycles. The van der Waals surface area contributed by atoms with Gasteiger partial charge in [-0.2, -0.15) is 0 Å². The zero-order valence-electron chi connectivity index (χ0n) is 11.6. The Morgan fingerprint density at radius 3 is 2.95 bits per heavy atom. The summed E-state index contributed by atoms with van der Waals surface area (Å²) in [5.41, 5.74) is 0. The molecule has 0 spiro atoms. The Morgan fingerprint density at radius 2 is 2.26 bits per heavy atom. The normalized spacial score (nSPS) is 20.1. The van der Waals surface area contributed by atoms with Crippen LogP contribution in [-0.4, -0.2) is 29.1 Å². The lowest BCUT2D eigenvalue weighted by atomic mass is 10.0. The number of aliphatic hydroxyl groups excluding tert-OH is 1. The van der Waals surface area contributed by atoms with Gasteiger partial charge in [0.2, 0.25) is 0 Å². The second kappa shape index (κ2) is 8.86. The second-order valence-electron chi connectivity index (χ2n) is 5.14. The second-order valence-corrected chi connectivity index (χ2v) is 5.14. The molecule has 0 amide bonds. The molecule has 1 aliphatic rings. The Bertz CT molecular complexity index is 322. The topological polar surface area (TPSA) is 63.6 Å². The molecule has 1 rings (SSSR count). The minimum atomic E-state index is -0.706. The number of rotatable bonds is 9. The van der Waals surface area contributed by atoms with Gasteiger partial charge in [0.05, 0.1) is 6.10 Å². The van der Waals surface area contributed by atoms with Gasteiger partial charge in [-0.3, -0.25) is 4.79 Å². The maximum absolute atomic E-state index is 11.6. The van der Waals surface area contributed by atoms with Gasteiger partial charge in [-0.1, -0.05) is 32.3 Å². The molecule has 0 aromatic heterocycles. The molecule has 1 aliphatic heterocycles. The third-order valence-corrected chi connectivity index (χ3v) is 3.24. The maximum atomic E-state index is 11.6. The van der Waals surface area contributed by atoms with Crippen LogP contribution in [0.3, 0.4) is 0 Å². The molecule has 0 saturated carbocycles. The average molecular weight is 268 g/mol. The quantitative estimate of drug-likeness (QED) is 0.515. The van der Waals surface area contributed by atoms with Gasteiger partial charge in [-0.15, -0.1) is 0 Å². The number of unbranched alkanes of at least 4 members (excludes halogenated alkanes) is 3. The third-order valence-electron chi connectivity index (χ3n) is 3.24. The predicted octanol–water partition coefficient (Wildman–Crippen LogP) is 2.54. The number of aliphatic hydroxyl groups is 1. The fraction of sp³-hybridized carbons (Fsp3) is 0.733. The molecule has 0 radical (unpaired) electrons. The number of ether oxygens (including phenoxy) is 1. The third kappa shape index (κ3) is 7.11. The first-order valence-corrected chi connectivity index (χ1v) is 7.18. The number of hydrogen-bond acceptors (Lipinski definition) is 4. The van der Waals surface area contributed by atoms with Crippen molar-refractivity contribution in [3.8, 4) is 0 Å². The van der Waals surface area contributed by atoms with E-state index in [1.807, 2.05) is 0 Å². The lowest BCUT2D eigenvalue weighted by Crippen LogP contribution is -2.26. The lowest BCUT2D eigenvalue weighted by Gasteiger charge is -2.21. The van der Waals surface area contributed by atoms with Crippen molar-refractivity contribution < 1.29 is 19.4 Å². The van der Waals surface area contributed by atoms with Gasteiger partial charge in [0.1, 0.15) is 11.9 Å². The van der Waals surface area contributed by atoms with E-state index in [1.165, 1.54) is 6.08 Å². The first kappa shape index (κ1) is 15.9. The van der Waals surface area contributed by atoms with Crippen molar-refractivity contribution >= 4 is 11.8 Å². The summed E-state index contributed by atoms with van der Waals surface area (Å²) in [6, 6.07) is 0. The summed E-state index contributed by atoms with van der Waals surface area (Å²) < 4.78 is 5.05. The Balaban J connectivity index is 2.16. The van der Waals surface area contributed by atoms with E-state index in [1.54, 1.807) is 6.08 Å². The largest absolute Gasteiger partial charge is 0.459 e. The molecular weight excluding hydrogens is 244 g/mol. The minimum Gasteiger partial charge on any atom is -0.459 e. The molecule has 19 heavy (non-hydrogen) atoms. The number of Topliss-reactive ketones (excluding diaryl/α,β-unsaturated/α-hetero) is 1. The molecular formula is C15H24O4. The zero-order chi connectivity index (χ0) is 14.1. The van der Waals surface area contributed by atoms with E-state index in [4.69, 9.17) is 4.74 Å². The molecule has 1 heterocycles. The van der Waals surface area contributed by atoms with Gasteiger partial charge in [-0.25, -0.2) is 4.79 Å². The van der Waals surface area contributed by atoms with Crippen molar-refractivity contribution in [1.29, 1.82) is 0 Å². The summed E-state index contributed by atoms with van der Waals surface area (Å²) in [5.74, 6) is -0.268. The Kier molecular flexibility index (Phi) is 7.41. The minimum absolute atomic E-state index is 0.0984. The summed E-state index contributed by atoms with van der Waals surface area (Å²) in [6.07, 6.45) is 8.10. The number of cyclic esters (lactones) is 1. The van der Waals surface area contributed by atoms with Crippen LogP contribution in [0.1, 0.15) is 58.3 Å². The van der Waals surface area contributed by atoms with Crippen LogP contribution in [0.5, 0.6) is 0 Å². The van der Waals surface area contributed by atoms with Crippen LogP contribution >= 0.6 is 0 Å². The molecule has 0 aromatic rings. The van der Waals surface area contributed by atoms with E-state index in [-0.39, 0.29) is 24.3 Å². The van der Waals surface area contributed by atoms with E-state index in [0.717, 1.165) is 25.7 Å². The van der Waals surface area contributed by atoms with E-state index >= 15 is 0 Å². The lowest BCUT2D eigenvalue weighted by molar-refractivity contribution is -0.145. The van der Waals surface area contributed by atoms with Crippen LogP contribution in [0.4, 0.5) is 0 Å². The van der Waals surface area contributed by atoms with E-state index in [2.05, 4.69) is 6.92 Å². The van der Waals surface area contributed by atoms with Gasteiger partial charge in [0, 0.05) is 31.8 Å². The number of hydrogen-bond donors (Lipinski definition) is 1. The summed E-state index contributed by atoms with van der Waals surface area (Å²) in [6.45, 7) is 2.13. The molecule has 1 N–H and O–H groups in total. The fourth-order valence-corrected chi connectivity index (χ4v) is 2.21. The van der Waals surface area contributed by atoms with Gasteiger partial charge in [0.25, 0.3) is 0 Å². The fourth-order valence-electron chi connectivity index (χ4n) is 2.21. The van der Waals surface area contributed by atoms with E-state index in [9.17, 15) is 14.7 Å². The smallest absolute Gasteiger partial charge is 0.330 e. The molecule has 2 atom stereocenters. The van der Waals surface area contributed by atoms with Gasteiger partial charge in [0.15, 0.2) is 0 Å². The molecule has 108 valence electrons. The SMILES string of the molecule is CCCCCCC(=O)C[C@H](O)C[C@H]1CC=CC(=O)O1. The molecule has 0 fully saturated rings. The van der Waals surface area contributed by atoms with Gasteiger partial charge >= 0.3 is 5.97 Å². The Labute approximate surface area is 114 Å². The average Bonchev–Trinajstić information content (AvgIpc) is 2.34. The summed E-state index contributed by atoms with van der Waals surface area (Å²) in [7, 11) is 0. The van der Waals surface area contributed by atoms with Crippen LogP contribution in [0.25, 0.3) is 0 Å². The standard InChI is InChI=1S/C15H24O4/c1-2-3-4-5-7-12(16)10-13(17)11-14-8-6-9-15(18)19-14/h6,9,13-14,17H,2-5,7-8,10-11H2,1H3/t13-,14+/m0/s1. The van der Waals surface area contributed by atoms with Crippen LogP contribution in [0.2, 0.25) is 0 Å². The van der Waals surface area contributed by atoms with Crippen molar-refractivity contribution in [2.24, 2.45) is 0 Å². The number of carbonyl (C=O) groups excluding carboxylic acids is 2. The van der Waals surface area contributed by atoms with Crippen LogP contribution in [0, 0.1) is 0 Å². The number of ketones is 1. The molecule has 4 heteroatoms. The monoisotopic (exact) mass is 268 g/mol. The summed E-state index contributed by atoms with van der Waals surface area (Å²) >= 11 is 0. The molecule has 0 unspecified atom stereocenters. The Hall–Kier alpha value is -1.16. The predicted molar refractivity (Wildman–Crippen MR) is 72.6 cm³/mol. The summed E-state index contributed by atoms with van der Waals surface area (Å²) in [5, 5.41) is 9.82. The zero-order valence-corrected chi connectivity index (χ0v) is 11.6. The highest BCUT2D eigenvalue weighted by Crippen LogP contribution is 2.16. The van der Waals surface area contributed by atoms with Crippen LogP contribution in [0.15, 0.2) is 12.2 Å². The van der Waals surface area contributed by atoms with Gasteiger partial charge < -0.3 is 9.84 Å². The van der Waals surface area contributed by atoms with Gasteiger partial charge in [-0.05, 0) is 6.42 Å². The first-order valence-electron chi connectivity index (χ1n) is 7.18. The molecule has 0 bridgehead atoms. The van der Waals surface area contributed by atoms with Crippen LogP contribution in [-0.2, 0) is 14.3 Å². The highest BCUT2D eigenvalue weighted by Gasteiger charge is 2.21. The van der Waals surface area contributed by atoms with E-state index in [0.29, 0.717) is 19.3 Å².